The van der Waals surface area contributed by atoms with Crippen LogP contribution in [0.25, 0.3) is 0 Å². The molecule has 1 atom stereocenters. The highest BCUT2D eigenvalue weighted by Gasteiger charge is 2.55. The third kappa shape index (κ3) is 2.38. The van der Waals surface area contributed by atoms with E-state index in [-0.39, 0.29) is 12.2 Å². The summed E-state index contributed by atoms with van der Waals surface area (Å²) in [5.41, 5.74) is -1.21. The van der Waals surface area contributed by atoms with Gasteiger partial charge in [-0.05, 0) is 13.3 Å². The summed E-state index contributed by atoms with van der Waals surface area (Å²) in [6.45, 7) is 1.26. The van der Waals surface area contributed by atoms with Crippen molar-refractivity contribution in [1.29, 1.82) is 0 Å². The quantitative estimate of drug-likeness (QED) is 0.838. The second kappa shape index (κ2) is 4.51. The minimum Gasteiger partial charge on any atom is -0.361 e. The van der Waals surface area contributed by atoms with Gasteiger partial charge >= 0.3 is 0 Å². The van der Waals surface area contributed by atoms with Gasteiger partial charge in [-0.15, -0.1) is 0 Å². The van der Waals surface area contributed by atoms with E-state index >= 15 is 0 Å². The molecule has 1 N–H and O–H groups in total. The number of hydrogen-bond acceptors (Lipinski definition) is 4. The number of hydrogen-bond donors (Lipinski definition) is 1. The fraction of sp³-hybridized carbons (Fsp3) is 0.615. The Bertz CT molecular complexity index is 601. The monoisotopic (exact) mass is 299 g/mol. The standard InChI is InChI=1S/C13H15F2N3O3/c1-8-4-9(17-21-8)10(19)18-6-12(2-3-16-11(12)20)5-13(14,15)7-18/h4H,2-3,5-7H2,1H3,(H,16,20). The fourth-order valence-corrected chi connectivity index (χ4v) is 3.12. The highest BCUT2D eigenvalue weighted by molar-refractivity contribution is 5.93. The van der Waals surface area contributed by atoms with E-state index in [0.29, 0.717) is 18.7 Å². The van der Waals surface area contributed by atoms with E-state index < -0.39 is 36.1 Å². The van der Waals surface area contributed by atoms with Gasteiger partial charge in [0.05, 0.1) is 12.0 Å². The molecule has 114 valence electrons. The van der Waals surface area contributed by atoms with Crippen LogP contribution in [-0.4, -0.2) is 47.4 Å². The molecule has 21 heavy (non-hydrogen) atoms. The number of amides is 2. The van der Waals surface area contributed by atoms with Crippen LogP contribution in [0.15, 0.2) is 10.6 Å². The number of aromatic nitrogens is 1. The number of carbonyl (C=O) groups excluding carboxylic acids is 2. The molecule has 2 aliphatic heterocycles. The summed E-state index contributed by atoms with van der Waals surface area (Å²) < 4.78 is 32.8. The zero-order valence-electron chi connectivity index (χ0n) is 11.5. The molecular weight excluding hydrogens is 284 g/mol. The zero-order chi connectivity index (χ0) is 15.3. The van der Waals surface area contributed by atoms with Gasteiger partial charge in [0, 0.05) is 25.6 Å². The Labute approximate surface area is 119 Å². The Morgan fingerprint density at radius 2 is 2.24 bits per heavy atom. The maximum absolute atomic E-state index is 14.0. The summed E-state index contributed by atoms with van der Waals surface area (Å²) in [5, 5.41) is 6.14. The molecule has 0 radical (unpaired) electrons. The lowest BCUT2D eigenvalue weighted by molar-refractivity contribution is -0.144. The second-order valence-electron chi connectivity index (χ2n) is 5.80. The first-order chi connectivity index (χ1) is 9.81. The summed E-state index contributed by atoms with van der Waals surface area (Å²) >= 11 is 0. The number of aryl methyl sites for hydroxylation is 1. The predicted molar refractivity (Wildman–Crippen MR) is 66.8 cm³/mol. The van der Waals surface area contributed by atoms with Crippen molar-refractivity contribution in [2.45, 2.75) is 25.7 Å². The number of halogens is 2. The SMILES string of the molecule is Cc1cc(C(=O)N2CC(F)(F)CC3(CCNC3=O)C2)no1. The first kappa shape index (κ1) is 14.0. The van der Waals surface area contributed by atoms with Crippen molar-refractivity contribution in [3.8, 4) is 0 Å². The molecule has 1 aromatic rings. The van der Waals surface area contributed by atoms with Crippen LogP contribution in [-0.2, 0) is 4.79 Å². The molecule has 8 heteroatoms. The lowest BCUT2D eigenvalue weighted by Crippen LogP contribution is -2.56. The summed E-state index contributed by atoms with van der Waals surface area (Å²) in [5.74, 6) is -3.70. The third-order valence-electron chi connectivity index (χ3n) is 4.02. The van der Waals surface area contributed by atoms with E-state index in [1.54, 1.807) is 6.92 Å². The number of carbonyl (C=O) groups is 2. The second-order valence-corrected chi connectivity index (χ2v) is 5.80. The lowest BCUT2D eigenvalue weighted by atomic mass is 9.77. The average molecular weight is 299 g/mol. The van der Waals surface area contributed by atoms with Crippen LogP contribution in [0.4, 0.5) is 8.78 Å². The molecule has 2 saturated heterocycles. The molecule has 2 aliphatic rings. The Balaban J connectivity index is 1.88. The van der Waals surface area contributed by atoms with Crippen molar-refractivity contribution >= 4 is 11.8 Å². The summed E-state index contributed by atoms with van der Waals surface area (Å²) in [6.07, 6.45) is -0.212. The van der Waals surface area contributed by atoms with Crippen molar-refractivity contribution in [3.63, 3.8) is 0 Å². The number of rotatable bonds is 1. The Hall–Kier alpha value is -1.99. The van der Waals surface area contributed by atoms with Crippen LogP contribution in [0.1, 0.15) is 29.1 Å². The summed E-state index contributed by atoms with van der Waals surface area (Å²) in [6, 6.07) is 1.40. The van der Waals surface area contributed by atoms with Gasteiger partial charge in [-0.3, -0.25) is 9.59 Å². The van der Waals surface area contributed by atoms with Gasteiger partial charge < -0.3 is 14.7 Å². The molecule has 2 fully saturated rings. The van der Waals surface area contributed by atoms with E-state index in [0.717, 1.165) is 4.90 Å². The minimum atomic E-state index is -3.09. The predicted octanol–water partition coefficient (Wildman–Crippen LogP) is 0.971. The zero-order valence-corrected chi connectivity index (χ0v) is 11.5. The van der Waals surface area contributed by atoms with Crippen LogP contribution in [0.3, 0.4) is 0 Å². The Kier molecular flexibility index (Phi) is 3.00. The lowest BCUT2D eigenvalue weighted by Gasteiger charge is -2.42. The molecule has 2 amide bonds. The van der Waals surface area contributed by atoms with Gasteiger partial charge in [-0.25, -0.2) is 8.78 Å². The molecule has 3 rings (SSSR count). The highest BCUT2D eigenvalue weighted by atomic mass is 19.3. The van der Waals surface area contributed by atoms with Gasteiger partial charge in [0.25, 0.3) is 11.8 Å². The molecule has 6 nitrogen and oxygen atoms in total. The van der Waals surface area contributed by atoms with E-state index in [1.807, 2.05) is 0 Å². The molecular formula is C13H15F2N3O3. The minimum absolute atomic E-state index is 0.0147. The van der Waals surface area contributed by atoms with Gasteiger partial charge in [0.2, 0.25) is 5.91 Å². The third-order valence-corrected chi connectivity index (χ3v) is 4.02. The van der Waals surface area contributed by atoms with Crippen LogP contribution in [0.2, 0.25) is 0 Å². The largest absolute Gasteiger partial charge is 0.361 e. The number of piperidine rings is 1. The molecule has 3 heterocycles. The van der Waals surface area contributed by atoms with Crippen LogP contribution < -0.4 is 5.32 Å². The molecule has 0 bridgehead atoms. The Morgan fingerprint density at radius 1 is 1.48 bits per heavy atom. The summed E-state index contributed by atoms with van der Waals surface area (Å²) in [7, 11) is 0. The maximum atomic E-state index is 14.0. The molecule has 1 unspecified atom stereocenters. The van der Waals surface area contributed by atoms with Gasteiger partial charge in [-0.1, -0.05) is 5.16 Å². The molecule has 0 aliphatic carbocycles. The first-order valence-corrected chi connectivity index (χ1v) is 6.70. The maximum Gasteiger partial charge on any atom is 0.276 e. The fourth-order valence-electron chi connectivity index (χ4n) is 3.12. The average Bonchev–Trinajstić information content (AvgIpc) is 2.95. The normalized spacial score (nSPS) is 28.0. The van der Waals surface area contributed by atoms with Crippen molar-refractivity contribution in [2.24, 2.45) is 5.41 Å². The van der Waals surface area contributed by atoms with Gasteiger partial charge in [0.15, 0.2) is 5.69 Å². The number of nitrogens with one attached hydrogen (secondary N) is 1. The van der Waals surface area contributed by atoms with Gasteiger partial charge in [0.1, 0.15) is 5.76 Å². The van der Waals surface area contributed by atoms with Crippen LogP contribution in [0, 0.1) is 12.3 Å². The number of likely N-dealkylation sites (tertiary alicyclic amines) is 1. The van der Waals surface area contributed by atoms with E-state index in [4.69, 9.17) is 4.52 Å². The molecule has 1 spiro atoms. The van der Waals surface area contributed by atoms with E-state index in [2.05, 4.69) is 10.5 Å². The van der Waals surface area contributed by atoms with E-state index in [9.17, 15) is 18.4 Å². The van der Waals surface area contributed by atoms with E-state index in [1.165, 1.54) is 6.07 Å². The van der Waals surface area contributed by atoms with Crippen molar-refractivity contribution in [1.82, 2.24) is 15.4 Å². The van der Waals surface area contributed by atoms with Crippen molar-refractivity contribution in [2.75, 3.05) is 19.6 Å². The van der Waals surface area contributed by atoms with Crippen molar-refractivity contribution < 1.29 is 22.9 Å². The van der Waals surface area contributed by atoms with Crippen LogP contribution >= 0.6 is 0 Å². The smallest absolute Gasteiger partial charge is 0.276 e. The highest BCUT2D eigenvalue weighted by Crippen LogP contribution is 2.43. The number of nitrogens with zero attached hydrogens (tertiary/aromatic N) is 2. The van der Waals surface area contributed by atoms with Gasteiger partial charge in [-0.2, -0.15) is 0 Å². The summed E-state index contributed by atoms with van der Waals surface area (Å²) in [4.78, 5) is 25.2. The number of alkyl halides is 2. The Morgan fingerprint density at radius 3 is 2.81 bits per heavy atom. The first-order valence-electron chi connectivity index (χ1n) is 6.70. The van der Waals surface area contributed by atoms with Crippen LogP contribution in [0.5, 0.6) is 0 Å². The molecule has 0 aromatic carbocycles. The topological polar surface area (TPSA) is 75.4 Å². The molecule has 0 saturated carbocycles. The molecule has 1 aromatic heterocycles. The van der Waals surface area contributed by atoms with Crippen molar-refractivity contribution in [3.05, 3.63) is 17.5 Å².